The van der Waals surface area contributed by atoms with Crippen molar-refractivity contribution < 1.29 is 18.3 Å². The molecule has 2 rings (SSSR count). The Bertz CT molecular complexity index is 716. The molecule has 2 aromatic rings. The van der Waals surface area contributed by atoms with Gasteiger partial charge in [-0.2, -0.15) is 0 Å². The Morgan fingerprint density at radius 1 is 1.45 bits per heavy atom. The molecule has 8 heteroatoms. The van der Waals surface area contributed by atoms with Crippen molar-refractivity contribution >= 4 is 38.7 Å². The molecule has 5 nitrogen and oxygen atoms in total. The lowest BCUT2D eigenvalue weighted by Gasteiger charge is -2.12. The summed E-state index contributed by atoms with van der Waals surface area (Å²) in [6.45, 7) is 3.35. The van der Waals surface area contributed by atoms with Crippen molar-refractivity contribution in [2.45, 2.75) is 24.8 Å². The van der Waals surface area contributed by atoms with E-state index in [-0.39, 0.29) is 15.8 Å². The monoisotopic (exact) mass is 331 g/mol. The van der Waals surface area contributed by atoms with Gasteiger partial charge in [-0.25, -0.2) is 17.9 Å². The van der Waals surface area contributed by atoms with Crippen LogP contribution in [0.1, 0.15) is 32.4 Å². The van der Waals surface area contributed by atoms with Crippen molar-refractivity contribution in [1.29, 1.82) is 0 Å². The zero-order valence-corrected chi connectivity index (χ0v) is 13.2. The van der Waals surface area contributed by atoms with Gasteiger partial charge >= 0.3 is 5.97 Å². The summed E-state index contributed by atoms with van der Waals surface area (Å²) in [5, 5.41) is 10.8. The van der Waals surface area contributed by atoms with E-state index < -0.39 is 16.0 Å². The number of aryl methyl sites for hydroxylation is 1. The number of hydrogen-bond acceptors (Lipinski definition) is 5. The van der Waals surface area contributed by atoms with Crippen LogP contribution < -0.4 is 4.72 Å². The molecular weight excluding hydrogens is 318 g/mol. The topological polar surface area (TPSA) is 83.5 Å². The third-order valence-corrected chi connectivity index (χ3v) is 6.56. The lowest BCUT2D eigenvalue weighted by Crippen LogP contribution is -2.26. The summed E-state index contributed by atoms with van der Waals surface area (Å²) < 4.78 is 27.2. The summed E-state index contributed by atoms with van der Waals surface area (Å²) in [4.78, 5) is 12.3. The van der Waals surface area contributed by atoms with Gasteiger partial charge in [-0.3, -0.25) is 0 Å². The normalized spacial score (nSPS) is 13.3. The minimum absolute atomic E-state index is 0.0200. The van der Waals surface area contributed by atoms with E-state index in [1.165, 1.54) is 17.4 Å². The minimum atomic E-state index is -3.73. The van der Waals surface area contributed by atoms with E-state index >= 15 is 0 Å². The van der Waals surface area contributed by atoms with Gasteiger partial charge in [0, 0.05) is 9.75 Å². The van der Waals surface area contributed by atoms with Gasteiger partial charge < -0.3 is 5.11 Å². The average Bonchev–Trinajstić information content (AvgIpc) is 2.96. The summed E-state index contributed by atoms with van der Waals surface area (Å²) in [5.74, 6) is -1.12. The quantitative estimate of drug-likeness (QED) is 0.882. The molecule has 0 aromatic carbocycles. The van der Waals surface area contributed by atoms with Gasteiger partial charge in [0.2, 0.25) is 10.0 Å². The highest BCUT2D eigenvalue weighted by Crippen LogP contribution is 2.27. The number of carboxylic acid groups (broad SMARTS) is 1. The molecule has 0 fully saturated rings. The Hall–Kier alpha value is -1.22. The van der Waals surface area contributed by atoms with Crippen LogP contribution in [0.5, 0.6) is 0 Å². The maximum atomic E-state index is 12.3. The summed E-state index contributed by atoms with van der Waals surface area (Å²) in [5.41, 5.74) is 0. The Morgan fingerprint density at radius 2 is 2.15 bits per heavy atom. The first-order chi connectivity index (χ1) is 9.31. The Morgan fingerprint density at radius 3 is 2.65 bits per heavy atom. The van der Waals surface area contributed by atoms with E-state index in [9.17, 15) is 13.2 Å². The van der Waals surface area contributed by atoms with Crippen LogP contribution in [-0.4, -0.2) is 19.5 Å². The molecule has 0 radical (unpaired) electrons. The van der Waals surface area contributed by atoms with Gasteiger partial charge in [-0.1, -0.05) is 6.07 Å². The summed E-state index contributed by atoms with van der Waals surface area (Å²) >= 11 is 2.42. The molecule has 108 valence electrons. The number of carboxylic acids is 1. The SMILES string of the molecule is Cc1sc(C(=O)O)cc1S(=O)(=O)N[C@@H](C)c1cccs1. The molecule has 0 aliphatic heterocycles. The average molecular weight is 331 g/mol. The standard InChI is InChI=1S/C12H13NO4S3/c1-7(9-4-3-5-18-9)13-20(16,17)11-6-10(12(14)15)19-8(11)2/h3-7,13H,1-2H3,(H,14,15)/t7-/m0/s1. The highest BCUT2D eigenvalue weighted by Gasteiger charge is 2.24. The molecule has 0 saturated carbocycles. The van der Waals surface area contributed by atoms with Crippen molar-refractivity contribution in [2.24, 2.45) is 0 Å². The van der Waals surface area contributed by atoms with Crippen LogP contribution in [0.2, 0.25) is 0 Å². The highest BCUT2D eigenvalue weighted by molar-refractivity contribution is 7.89. The van der Waals surface area contributed by atoms with Gasteiger partial charge in [-0.05, 0) is 31.4 Å². The van der Waals surface area contributed by atoms with Gasteiger partial charge in [0.1, 0.15) is 4.88 Å². The summed E-state index contributed by atoms with van der Waals surface area (Å²) in [6.07, 6.45) is 0. The van der Waals surface area contributed by atoms with E-state index in [4.69, 9.17) is 5.11 Å². The molecule has 0 saturated heterocycles. The highest BCUT2D eigenvalue weighted by atomic mass is 32.2. The lowest BCUT2D eigenvalue weighted by molar-refractivity contribution is 0.0702. The van der Waals surface area contributed by atoms with Crippen LogP contribution in [0.15, 0.2) is 28.5 Å². The smallest absolute Gasteiger partial charge is 0.345 e. The first kappa shape index (κ1) is 15.2. The maximum absolute atomic E-state index is 12.3. The molecule has 0 aliphatic rings. The first-order valence-electron chi connectivity index (χ1n) is 5.70. The van der Waals surface area contributed by atoms with Crippen LogP contribution in [-0.2, 0) is 10.0 Å². The second kappa shape index (κ2) is 5.65. The Balaban J connectivity index is 2.29. The molecule has 0 aliphatic carbocycles. The van der Waals surface area contributed by atoms with Crippen molar-refractivity contribution in [3.8, 4) is 0 Å². The fraction of sp³-hybridized carbons (Fsp3) is 0.250. The molecule has 1 atom stereocenters. The molecular formula is C12H13NO4S3. The molecule has 2 aromatic heterocycles. The van der Waals surface area contributed by atoms with Gasteiger partial charge in [-0.15, -0.1) is 22.7 Å². The molecule has 2 heterocycles. The molecule has 20 heavy (non-hydrogen) atoms. The maximum Gasteiger partial charge on any atom is 0.345 e. The molecule has 2 N–H and O–H groups in total. The number of nitrogens with one attached hydrogen (secondary N) is 1. The number of carbonyl (C=O) groups is 1. The van der Waals surface area contributed by atoms with Gasteiger partial charge in [0.15, 0.2) is 0 Å². The van der Waals surface area contributed by atoms with E-state index in [1.54, 1.807) is 13.8 Å². The van der Waals surface area contributed by atoms with Crippen LogP contribution in [0.3, 0.4) is 0 Å². The molecule has 0 spiro atoms. The largest absolute Gasteiger partial charge is 0.477 e. The zero-order valence-electron chi connectivity index (χ0n) is 10.8. The molecule has 0 bridgehead atoms. The zero-order chi connectivity index (χ0) is 14.9. The molecule has 0 unspecified atom stereocenters. The first-order valence-corrected chi connectivity index (χ1v) is 8.88. The number of aromatic carboxylic acids is 1. The summed E-state index contributed by atoms with van der Waals surface area (Å²) in [6, 6.07) is 4.54. The number of sulfonamides is 1. The minimum Gasteiger partial charge on any atom is -0.477 e. The molecule has 0 amide bonds. The van der Waals surface area contributed by atoms with E-state index in [2.05, 4.69) is 4.72 Å². The van der Waals surface area contributed by atoms with E-state index in [1.807, 2.05) is 17.5 Å². The second-order valence-electron chi connectivity index (χ2n) is 4.19. The Kier molecular flexibility index (Phi) is 4.28. The number of hydrogen-bond donors (Lipinski definition) is 2. The number of rotatable bonds is 5. The third-order valence-electron chi connectivity index (χ3n) is 2.67. The van der Waals surface area contributed by atoms with Gasteiger partial charge in [0.25, 0.3) is 0 Å². The third kappa shape index (κ3) is 3.09. The number of thiophene rings is 2. The lowest BCUT2D eigenvalue weighted by atomic mass is 10.3. The fourth-order valence-electron chi connectivity index (χ4n) is 1.73. The van der Waals surface area contributed by atoms with Crippen molar-refractivity contribution in [1.82, 2.24) is 4.72 Å². The van der Waals surface area contributed by atoms with Crippen molar-refractivity contribution in [2.75, 3.05) is 0 Å². The predicted molar refractivity (Wildman–Crippen MR) is 79.1 cm³/mol. The van der Waals surface area contributed by atoms with Crippen LogP contribution in [0.25, 0.3) is 0 Å². The Labute approximate surface area is 124 Å². The van der Waals surface area contributed by atoms with Crippen LogP contribution in [0.4, 0.5) is 0 Å². The van der Waals surface area contributed by atoms with E-state index in [0.717, 1.165) is 16.2 Å². The van der Waals surface area contributed by atoms with Crippen molar-refractivity contribution in [3.05, 3.63) is 38.2 Å². The van der Waals surface area contributed by atoms with Crippen LogP contribution in [0, 0.1) is 6.92 Å². The summed E-state index contributed by atoms with van der Waals surface area (Å²) in [7, 11) is -3.73. The van der Waals surface area contributed by atoms with E-state index in [0.29, 0.717) is 4.88 Å². The second-order valence-corrected chi connectivity index (χ2v) is 8.11. The van der Waals surface area contributed by atoms with Gasteiger partial charge in [0.05, 0.1) is 10.9 Å². The van der Waals surface area contributed by atoms with Crippen molar-refractivity contribution in [3.63, 3.8) is 0 Å². The predicted octanol–water partition coefficient (Wildman–Crippen LogP) is 2.86. The van der Waals surface area contributed by atoms with Crippen LogP contribution >= 0.6 is 22.7 Å². The fourth-order valence-corrected chi connectivity index (χ4v) is 5.19.